The minimum atomic E-state index is -0.540. The summed E-state index contributed by atoms with van der Waals surface area (Å²) >= 11 is 14.1. The highest BCUT2D eigenvalue weighted by atomic mass is 35.5. The van der Waals surface area contributed by atoms with Crippen LogP contribution in [0.25, 0.3) is 6.08 Å². The molecule has 0 fully saturated rings. The van der Waals surface area contributed by atoms with E-state index < -0.39 is 5.91 Å². The van der Waals surface area contributed by atoms with E-state index in [2.05, 4.69) is 10.1 Å². The van der Waals surface area contributed by atoms with Crippen LogP contribution < -0.4 is 14.2 Å². The first kappa shape index (κ1) is 26.8. The highest BCUT2D eigenvalue weighted by Gasteiger charge is 2.36. The molecule has 11 heteroatoms. The van der Waals surface area contributed by atoms with E-state index in [-0.39, 0.29) is 34.7 Å². The van der Waals surface area contributed by atoms with E-state index in [0.29, 0.717) is 33.0 Å². The second-order valence-electron chi connectivity index (χ2n) is 8.48. The number of nitrogens with zero attached hydrogens (tertiary/aromatic N) is 3. The van der Waals surface area contributed by atoms with E-state index in [1.165, 1.54) is 22.8 Å². The number of nitrogens with one attached hydrogen (secondary N) is 1. The van der Waals surface area contributed by atoms with Crippen molar-refractivity contribution in [3.8, 4) is 17.2 Å². The molecule has 2 heterocycles. The molecule has 1 amide bonds. The van der Waals surface area contributed by atoms with Crippen LogP contribution in [0.3, 0.4) is 0 Å². The molecule has 0 bridgehead atoms. The number of methoxy groups -OCH3 is 1. The zero-order valence-corrected chi connectivity index (χ0v) is 23.2. The molecule has 198 valence electrons. The Kier molecular flexibility index (Phi) is 7.92. The lowest BCUT2D eigenvalue weighted by Crippen LogP contribution is -2.35. The number of carbonyl (C=O) groups excluding carboxylic acids is 1. The predicted octanol–water partition coefficient (Wildman–Crippen LogP) is 6.44. The van der Waals surface area contributed by atoms with Crippen molar-refractivity contribution in [1.29, 1.82) is 5.41 Å². The smallest absolute Gasteiger partial charge is 0.283 e. The largest absolute Gasteiger partial charge is 0.497 e. The molecule has 2 aliphatic heterocycles. The standard InChI is InChI=1S/C28H22Cl2N4O4S/c1-16-6-8-18(9-7-16)27-33-34-25(31)21(26(35)32-28(34)39-27)12-17-13-22(29)24(23(30)14-17)38-11-10-37-20-5-3-4-19(15-20)36-2/h3-9,12-15,31H,10-11H2,1-2H3/b21-12-,31-25?. The van der Waals surface area contributed by atoms with Crippen LogP contribution in [0.5, 0.6) is 17.2 Å². The van der Waals surface area contributed by atoms with Crippen LogP contribution >= 0.6 is 35.0 Å². The van der Waals surface area contributed by atoms with Crippen molar-refractivity contribution in [2.75, 3.05) is 20.3 Å². The van der Waals surface area contributed by atoms with Gasteiger partial charge in [0.25, 0.3) is 5.91 Å². The SMILES string of the molecule is COc1cccc(OCCOc2c(Cl)cc(/C=C3/C(=N)N4N=C(c5ccc(C)cc5)SC4=NC3=O)cc2Cl)c1. The van der Waals surface area contributed by atoms with Crippen molar-refractivity contribution in [2.24, 2.45) is 10.1 Å². The molecule has 3 aromatic rings. The van der Waals surface area contributed by atoms with E-state index in [1.54, 1.807) is 25.3 Å². The number of fused-ring (bicyclic) bond motifs is 1. The van der Waals surface area contributed by atoms with Crippen LogP contribution in [0.15, 0.2) is 76.3 Å². The summed E-state index contributed by atoms with van der Waals surface area (Å²) in [6.07, 6.45) is 1.52. The van der Waals surface area contributed by atoms with Crippen molar-refractivity contribution in [3.05, 3.63) is 93.0 Å². The molecule has 8 nitrogen and oxygen atoms in total. The Morgan fingerprint density at radius 2 is 1.69 bits per heavy atom. The average molecular weight is 581 g/mol. The lowest BCUT2D eigenvalue weighted by molar-refractivity contribution is -0.114. The molecule has 2 aliphatic rings. The van der Waals surface area contributed by atoms with E-state index in [4.69, 9.17) is 42.8 Å². The number of amides is 1. The second-order valence-corrected chi connectivity index (χ2v) is 10.3. The summed E-state index contributed by atoms with van der Waals surface area (Å²) in [6, 6.07) is 18.3. The van der Waals surface area contributed by atoms with Crippen molar-refractivity contribution >= 4 is 63.0 Å². The average Bonchev–Trinajstić information content (AvgIpc) is 3.35. The van der Waals surface area contributed by atoms with Gasteiger partial charge in [0.1, 0.15) is 29.8 Å². The molecule has 0 spiro atoms. The molecule has 0 aromatic heterocycles. The summed E-state index contributed by atoms with van der Waals surface area (Å²) in [6.45, 7) is 2.46. The molecule has 0 aliphatic carbocycles. The summed E-state index contributed by atoms with van der Waals surface area (Å²) in [7, 11) is 1.59. The molecule has 5 rings (SSSR count). The summed E-state index contributed by atoms with van der Waals surface area (Å²) in [4.78, 5) is 17.0. The van der Waals surface area contributed by atoms with E-state index >= 15 is 0 Å². The van der Waals surface area contributed by atoms with Gasteiger partial charge in [-0.2, -0.15) is 15.1 Å². The van der Waals surface area contributed by atoms with Gasteiger partial charge >= 0.3 is 0 Å². The highest BCUT2D eigenvalue weighted by Crippen LogP contribution is 2.36. The predicted molar refractivity (Wildman–Crippen MR) is 156 cm³/mol. The van der Waals surface area contributed by atoms with Crippen LogP contribution in [0, 0.1) is 12.3 Å². The number of halogens is 2. The van der Waals surface area contributed by atoms with Gasteiger partial charge in [0.15, 0.2) is 11.6 Å². The molecule has 3 aromatic carbocycles. The molecule has 0 unspecified atom stereocenters. The minimum Gasteiger partial charge on any atom is -0.497 e. The summed E-state index contributed by atoms with van der Waals surface area (Å²) in [5.74, 6) is 1.01. The first-order valence-electron chi connectivity index (χ1n) is 11.8. The fourth-order valence-electron chi connectivity index (χ4n) is 3.77. The maximum absolute atomic E-state index is 12.8. The molecule has 0 saturated carbocycles. The number of carbonyl (C=O) groups is 1. The third-order valence-corrected chi connectivity index (χ3v) is 7.24. The Bertz CT molecular complexity index is 1530. The Labute approximate surface area is 239 Å². The lowest BCUT2D eigenvalue weighted by atomic mass is 10.1. The van der Waals surface area contributed by atoms with Crippen molar-refractivity contribution < 1.29 is 19.0 Å². The van der Waals surface area contributed by atoms with Crippen molar-refractivity contribution in [3.63, 3.8) is 0 Å². The number of hydrazone groups is 1. The summed E-state index contributed by atoms with van der Waals surface area (Å²) in [5, 5.41) is 16.0. The molecular weight excluding hydrogens is 559 g/mol. The van der Waals surface area contributed by atoms with E-state index in [1.807, 2.05) is 49.4 Å². The minimum absolute atomic E-state index is 0.0701. The van der Waals surface area contributed by atoms with Crippen molar-refractivity contribution in [1.82, 2.24) is 5.01 Å². The van der Waals surface area contributed by atoms with Crippen molar-refractivity contribution in [2.45, 2.75) is 6.92 Å². The van der Waals surface area contributed by atoms with Gasteiger partial charge in [-0.1, -0.05) is 59.1 Å². The third-order valence-electron chi connectivity index (χ3n) is 5.72. The van der Waals surface area contributed by atoms with Gasteiger partial charge in [-0.3, -0.25) is 10.2 Å². The number of rotatable bonds is 8. The highest BCUT2D eigenvalue weighted by molar-refractivity contribution is 8.27. The number of thioether (sulfide) groups is 1. The Balaban J connectivity index is 1.28. The molecule has 1 N–H and O–H groups in total. The molecule has 0 radical (unpaired) electrons. The number of amidine groups is 2. The zero-order valence-electron chi connectivity index (χ0n) is 20.9. The number of benzene rings is 3. The Hall–Kier alpha value is -3.79. The summed E-state index contributed by atoms with van der Waals surface area (Å²) < 4.78 is 16.6. The Morgan fingerprint density at radius 3 is 2.41 bits per heavy atom. The van der Waals surface area contributed by atoms with Crippen LogP contribution in [-0.4, -0.2) is 47.3 Å². The molecule has 0 saturated heterocycles. The number of aliphatic imine (C=N–C) groups is 1. The van der Waals surface area contributed by atoms with Crippen LogP contribution in [0.1, 0.15) is 16.7 Å². The number of hydrogen-bond donors (Lipinski definition) is 1. The van der Waals surface area contributed by atoms with E-state index in [9.17, 15) is 4.79 Å². The number of hydrogen-bond acceptors (Lipinski definition) is 7. The topological polar surface area (TPSA) is 96.6 Å². The van der Waals surface area contributed by atoms with Gasteiger partial charge in [-0.15, -0.1) is 0 Å². The normalized spacial score (nSPS) is 15.7. The lowest BCUT2D eigenvalue weighted by Gasteiger charge is -2.20. The fourth-order valence-corrected chi connectivity index (χ4v) is 5.28. The van der Waals surface area contributed by atoms with Crippen LogP contribution in [0.4, 0.5) is 0 Å². The maximum atomic E-state index is 12.8. The Morgan fingerprint density at radius 1 is 1.00 bits per heavy atom. The van der Waals surface area contributed by atoms with Crippen LogP contribution in [-0.2, 0) is 4.79 Å². The molecule has 39 heavy (non-hydrogen) atoms. The maximum Gasteiger partial charge on any atom is 0.283 e. The van der Waals surface area contributed by atoms with Gasteiger partial charge < -0.3 is 14.2 Å². The third kappa shape index (κ3) is 5.95. The van der Waals surface area contributed by atoms with Gasteiger partial charge in [0, 0.05) is 11.6 Å². The van der Waals surface area contributed by atoms with Crippen LogP contribution in [0.2, 0.25) is 10.0 Å². The first-order chi connectivity index (χ1) is 18.8. The molecule has 0 atom stereocenters. The first-order valence-corrected chi connectivity index (χ1v) is 13.4. The quantitative estimate of drug-likeness (QED) is 0.243. The van der Waals surface area contributed by atoms with Gasteiger partial charge in [0.05, 0.1) is 22.7 Å². The van der Waals surface area contributed by atoms with Gasteiger partial charge in [0.2, 0.25) is 5.17 Å². The van der Waals surface area contributed by atoms with E-state index in [0.717, 1.165) is 11.1 Å². The van der Waals surface area contributed by atoms with Gasteiger partial charge in [-0.05, 0) is 54.6 Å². The number of ether oxygens (including phenoxy) is 3. The summed E-state index contributed by atoms with van der Waals surface area (Å²) in [5.41, 5.74) is 2.60. The fraction of sp³-hybridized carbons (Fsp3) is 0.143. The van der Waals surface area contributed by atoms with Gasteiger partial charge in [-0.25, -0.2) is 0 Å². The zero-order chi connectivity index (χ0) is 27.5. The second kappa shape index (κ2) is 11.5. The number of aryl methyl sites for hydroxylation is 1. The monoisotopic (exact) mass is 580 g/mol. The molecular formula is C28H22Cl2N4O4S.